The average Bonchev–Trinajstić information content (AvgIpc) is 2.22. The van der Waals surface area contributed by atoms with Crippen LogP contribution in [-0.2, 0) is 9.53 Å². The molecule has 0 spiro atoms. The van der Waals surface area contributed by atoms with Crippen LogP contribution < -0.4 is 17.2 Å². The number of aliphatic hydroxyl groups excluding tert-OH is 1. The van der Waals surface area contributed by atoms with E-state index in [-0.39, 0.29) is 0 Å². The molecule has 1 aliphatic rings. The molecular formula is C9H19N3O5. The molecule has 1 fully saturated rings. The Hall–Kier alpha value is -0.770. The molecule has 0 aromatic carbocycles. The van der Waals surface area contributed by atoms with Crippen LogP contribution in [0.15, 0.2) is 0 Å². The van der Waals surface area contributed by atoms with Crippen LogP contribution in [0, 0.1) is 0 Å². The first-order valence-electron chi connectivity index (χ1n) is 5.27. The Morgan fingerprint density at radius 3 is 2.47 bits per heavy atom. The maximum atomic E-state index is 10.9. The molecule has 3 unspecified atom stereocenters. The molecule has 1 saturated heterocycles. The lowest BCUT2D eigenvalue weighted by molar-refractivity contribution is -0.277. The van der Waals surface area contributed by atoms with E-state index >= 15 is 0 Å². The number of carboxylic acid groups (broad SMARTS) is 1. The van der Waals surface area contributed by atoms with Crippen molar-refractivity contribution in [3.05, 3.63) is 0 Å². The Bertz CT molecular complexity index is 296. The zero-order valence-electron chi connectivity index (χ0n) is 9.48. The molecule has 6 atom stereocenters. The number of ether oxygens (including phenoxy) is 1. The normalized spacial score (nSPS) is 41.9. The quantitative estimate of drug-likeness (QED) is 0.306. The third-order valence-corrected chi connectivity index (χ3v) is 2.96. The van der Waals surface area contributed by atoms with E-state index in [0.717, 1.165) is 0 Å². The number of hydrogen-bond acceptors (Lipinski definition) is 7. The fourth-order valence-corrected chi connectivity index (χ4v) is 1.76. The SMILES string of the molecule is CC(N)[C@H](N)C1OC(O)(C(=O)O)C[C@@H](O)[C@@H]1N. The second-order valence-electron chi connectivity index (χ2n) is 4.46. The minimum Gasteiger partial charge on any atom is -0.477 e. The Balaban J connectivity index is 2.93. The number of aliphatic hydroxyl groups is 2. The lowest BCUT2D eigenvalue weighted by atomic mass is 9.88. The summed E-state index contributed by atoms with van der Waals surface area (Å²) in [7, 11) is 0. The molecule has 100 valence electrons. The van der Waals surface area contributed by atoms with Gasteiger partial charge in [-0.2, -0.15) is 0 Å². The molecule has 8 nitrogen and oxygen atoms in total. The molecule has 9 N–H and O–H groups in total. The fraction of sp³-hybridized carbons (Fsp3) is 0.889. The van der Waals surface area contributed by atoms with Gasteiger partial charge in [0.1, 0.15) is 0 Å². The molecule has 0 aromatic heterocycles. The van der Waals surface area contributed by atoms with E-state index in [2.05, 4.69) is 0 Å². The zero-order chi connectivity index (χ0) is 13.4. The highest BCUT2D eigenvalue weighted by Crippen LogP contribution is 2.28. The lowest BCUT2D eigenvalue weighted by Gasteiger charge is -2.43. The molecule has 1 aliphatic heterocycles. The summed E-state index contributed by atoms with van der Waals surface area (Å²) >= 11 is 0. The van der Waals surface area contributed by atoms with Crippen molar-refractivity contribution in [2.24, 2.45) is 17.2 Å². The highest BCUT2D eigenvalue weighted by molar-refractivity contribution is 5.75. The van der Waals surface area contributed by atoms with Gasteiger partial charge in [0.25, 0.3) is 5.79 Å². The minimum absolute atomic E-state index is 0.508. The molecule has 1 rings (SSSR count). The number of carboxylic acids is 1. The van der Waals surface area contributed by atoms with E-state index in [1.165, 1.54) is 0 Å². The third kappa shape index (κ3) is 2.73. The zero-order valence-corrected chi connectivity index (χ0v) is 9.48. The van der Waals surface area contributed by atoms with Gasteiger partial charge in [0.2, 0.25) is 0 Å². The second kappa shape index (κ2) is 4.84. The summed E-state index contributed by atoms with van der Waals surface area (Å²) in [5.41, 5.74) is 17.0. The Labute approximate surface area is 98.3 Å². The van der Waals surface area contributed by atoms with Crippen LogP contribution in [0.25, 0.3) is 0 Å². The summed E-state index contributed by atoms with van der Waals surface area (Å²) in [4.78, 5) is 10.9. The van der Waals surface area contributed by atoms with Gasteiger partial charge in [-0.3, -0.25) is 0 Å². The van der Waals surface area contributed by atoms with E-state index in [0.29, 0.717) is 0 Å². The van der Waals surface area contributed by atoms with Crippen LogP contribution in [0.4, 0.5) is 0 Å². The number of nitrogens with two attached hydrogens (primary N) is 3. The van der Waals surface area contributed by atoms with E-state index in [4.69, 9.17) is 27.0 Å². The summed E-state index contributed by atoms with van der Waals surface area (Å²) in [6.07, 6.45) is -2.76. The van der Waals surface area contributed by atoms with E-state index in [9.17, 15) is 15.0 Å². The van der Waals surface area contributed by atoms with Crippen LogP contribution >= 0.6 is 0 Å². The van der Waals surface area contributed by atoms with Crippen LogP contribution in [0.2, 0.25) is 0 Å². The summed E-state index contributed by atoms with van der Waals surface area (Å²) < 4.78 is 5.01. The molecule has 0 amide bonds. The third-order valence-electron chi connectivity index (χ3n) is 2.96. The Morgan fingerprint density at radius 2 is 2.06 bits per heavy atom. The molecule has 17 heavy (non-hydrogen) atoms. The van der Waals surface area contributed by atoms with Gasteiger partial charge >= 0.3 is 5.97 Å². The summed E-state index contributed by atoms with van der Waals surface area (Å²) in [5, 5.41) is 28.2. The molecule has 8 heteroatoms. The van der Waals surface area contributed by atoms with Gasteiger partial charge in [0, 0.05) is 18.5 Å². The van der Waals surface area contributed by atoms with E-state index < -0.39 is 48.5 Å². The number of rotatable bonds is 3. The standard InChI is InChI=1S/C9H19N3O5/c1-3(10)5(11)7-6(12)4(13)2-9(16,17-7)8(14)15/h3-7,13,16H,2,10-12H2,1H3,(H,14,15)/t3?,4-,5+,6+,7?,9?/m1/s1. The van der Waals surface area contributed by atoms with Gasteiger partial charge in [-0.25, -0.2) is 4.79 Å². The maximum Gasteiger partial charge on any atom is 0.364 e. The van der Waals surface area contributed by atoms with Crippen molar-refractivity contribution in [3.63, 3.8) is 0 Å². The van der Waals surface area contributed by atoms with Crippen LogP contribution in [0.1, 0.15) is 13.3 Å². The molecule has 0 aliphatic carbocycles. The average molecular weight is 249 g/mol. The van der Waals surface area contributed by atoms with Crippen molar-refractivity contribution in [1.29, 1.82) is 0 Å². The predicted molar refractivity (Wildman–Crippen MR) is 57.7 cm³/mol. The van der Waals surface area contributed by atoms with Gasteiger partial charge in [-0.05, 0) is 6.92 Å². The summed E-state index contributed by atoms with van der Waals surface area (Å²) in [6.45, 7) is 1.60. The van der Waals surface area contributed by atoms with E-state index in [1.807, 2.05) is 0 Å². The van der Waals surface area contributed by atoms with Crippen LogP contribution in [-0.4, -0.2) is 57.4 Å². The molecule has 0 radical (unpaired) electrons. The van der Waals surface area contributed by atoms with Crippen molar-refractivity contribution in [2.75, 3.05) is 0 Å². The topological polar surface area (TPSA) is 165 Å². The van der Waals surface area contributed by atoms with Crippen molar-refractivity contribution in [3.8, 4) is 0 Å². The molecule has 1 heterocycles. The molecule has 0 bridgehead atoms. The van der Waals surface area contributed by atoms with Gasteiger partial charge in [-0.1, -0.05) is 0 Å². The lowest BCUT2D eigenvalue weighted by Crippen LogP contribution is -2.67. The Kier molecular flexibility index (Phi) is 4.07. The number of hydrogen-bond donors (Lipinski definition) is 6. The van der Waals surface area contributed by atoms with Gasteiger partial charge < -0.3 is 37.3 Å². The van der Waals surface area contributed by atoms with Crippen molar-refractivity contribution >= 4 is 5.97 Å². The largest absolute Gasteiger partial charge is 0.477 e. The fourth-order valence-electron chi connectivity index (χ4n) is 1.76. The summed E-state index contributed by atoms with van der Waals surface area (Å²) in [6, 6.07) is -2.20. The number of carbonyl (C=O) groups is 1. The van der Waals surface area contributed by atoms with E-state index in [1.54, 1.807) is 6.92 Å². The molecule has 0 aromatic rings. The first kappa shape index (κ1) is 14.3. The molecular weight excluding hydrogens is 230 g/mol. The van der Waals surface area contributed by atoms with Gasteiger partial charge in [0.15, 0.2) is 0 Å². The monoisotopic (exact) mass is 249 g/mol. The molecule has 0 saturated carbocycles. The van der Waals surface area contributed by atoms with Crippen LogP contribution in [0.5, 0.6) is 0 Å². The highest BCUT2D eigenvalue weighted by Gasteiger charge is 2.51. The van der Waals surface area contributed by atoms with Gasteiger partial charge in [0.05, 0.1) is 18.2 Å². The Morgan fingerprint density at radius 1 is 1.53 bits per heavy atom. The minimum atomic E-state index is -2.48. The van der Waals surface area contributed by atoms with Gasteiger partial charge in [-0.15, -0.1) is 0 Å². The first-order chi connectivity index (χ1) is 7.69. The predicted octanol–water partition coefficient (Wildman–Crippen LogP) is -3.09. The van der Waals surface area contributed by atoms with Crippen molar-refractivity contribution < 1.29 is 24.9 Å². The summed E-state index contributed by atoms with van der Waals surface area (Å²) in [5.74, 6) is -4.07. The van der Waals surface area contributed by atoms with Crippen molar-refractivity contribution in [1.82, 2.24) is 0 Å². The highest BCUT2D eigenvalue weighted by atomic mass is 16.7. The maximum absolute atomic E-state index is 10.9. The van der Waals surface area contributed by atoms with Crippen LogP contribution in [0.3, 0.4) is 0 Å². The number of aliphatic carboxylic acids is 1. The van der Waals surface area contributed by atoms with Crippen molar-refractivity contribution in [2.45, 2.75) is 49.5 Å². The second-order valence-corrected chi connectivity index (χ2v) is 4.46. The smallest absolute Gasteiger partial charge is 0.364 e. The first-order valence-corrected chi connectivity index (χ1v) is 5.27.